The molecule has 0 saturated carbocycles. The lowest BCUT2D eigenvalue weighted by Crippen LogP contribution is -2.34. The standard InChI is InChI=1S/C13H23BrN4/c1-9-6-18(7-11(9)16(3)4)8-12-13(14)10(2)15-17(12)5/h9,11H,6-8H2,1-5H3. The first-order valence-electron chi connectivity index (χ1n) is 6.47. The smallest absolute Gasteiger partial charge is 0.0739 e. The number of aromatic nitrogens is 2. The van der Waals surface area contributed by atoms with Gasteiger partial charge in [0.15, 0.2) is 0 Å². The van der Waals surface area contributed by atoms with Crippen LogP contribution in [0.4, 0.5) is 0 Å². The molecule has 1 aliphatic rings. The summed E-state index contributed by atoms with van der Waals surface area (Å²) < 4.78 is 3.15. The van der Waals surface area contributed by atoms with Crippen LogP contribution in [0, 0.1) is 12.8 Å². The van der Waals surface area contributed by atoms with Crippen molar-refractivity contribution in [3.8, 4) is 0 Å². The predicted molar refractivity (Wildman–Crippen MR) is 77.6 cm³/mol. The SMILES string of the molecule is Cc1nn(C)c(CN2CC(C)C(N(C)C)C2)c1Br. The first-order valence-corrected chi connectivity index (χ1v) is 7.26. The van der Waals surface area contributed by atoms with Crippen LogP contribution in [-0.4, -0.2) is 52.8 Å². The van der Waals surface area contributed by atoms with Gasteiger partial charge >= 0.3 is 0 Å². The zero-order chi connectivity index (χ0) is 13.4. The molecule has 102 valence electrons. The van der Waals surface area contributed by atoms with Crippen LogP contribution in [0.5, 0.6) is 0 Å². The van der Waals surface area contributed by atoms with Gasteiger partial charge in [-0.05, 0) is 42.9 Å². The molecule has 0 N–H and O–H groups in total. The largest absolute Gasteiger partial charge is 0.305 e. The van der Waals surface area contributed by atoms with Gasteiger partial charge in [-0.25, -0.2) is 0 Å². The lowest BCUT2D eigenvalue weighted by atomic mass is 10.1. The Labute approximate surface area is 118 Å². The molecule has 5 heteroatoms. The molecule has 0 radical (unpaired) electrons. The van der Waals surface area contributed by atoms with Crippen LogP contribution in [0.25, 0.3) is 0 Å². The summed E-state index contributed by atoms with van der Waals surface area (Å²) in [6.07, 6.45) is 0. The van der Waals surface area contributed by atoms with E-state index in [4.69, 9.17) is 0 Å². The van der Waals surface area contributed by atoms with E-state index in [1.54, 1.807) is 0 Å². The monoisotopic (exact) mass is 314 g/mol. The zero-order valence-corrected chi connectivity index (χ0v) is 13.5. The average molecular weight is 315 g/mol. The molecule has 2 atom stereocenters. The van der Waals surface area contributed by atoms with E-state index in [-0.39, 0.29) is 0 Å². The van der Waals surface area contributed by atoms with Crippen molar-refractivity contribution in [1.29, 1.82) is 0 Å². The molecular formula is C13H23BrN4. The second kappa shape index (κ2) is 5.31. The Hall–Kier alpha value is -0.390. The van der Waals surface area contributed by atoms with Gasteiger partial charge in [0.1, 0.15) is 0 Å². The van der Waals surface area contributed by atoms with Crippen LogP contribution in [0.15, 0.2) is 4.47 Å². The van der Waals surface area contributed by atoms with Gasteiger partial charge in [-0.2, -0.15) is 5.10 Å². The van der Waals surface area contributed by atoms with Crippen molar-refractivity contribution in [2.75, 3.05) is 27.2 Å². The summed E-state index contributed by atoms with van der Waals surface area (Å²) in [7, 11) is 6.37. The molecule has 0 aromatic carbocycles. The van der Waals surface area contributed by atoms with Gasteiger partial charge in [0, 0.05) is 32.7 Å². The Morgan fingerprint density at radius 3 is 2.50 bits per heavy atom. The van der Waals surface area contributed by atoms with E-state index >= 15 is 0 Å². The highest BCUT2D eigenvalue weighted by molar-refractivity contribution is 9.10. The van der Waals surface area contributed by atoms with Crippen molar-refractivity contribution in [3.05, 3.63) is 15.9 Å². The van der Waals surface area contributed by atoms with E-state index in [2.05, 4.69) is 51.8 Å². The summed E-state index contributed by atoms with van der Waals surface area (Å²) in [6.45, 7) is 7.67. The van der Waals surface area contributed by atoms with Crippen molar-refractivity contribution in [1.82, 2.24) is 19.6 Å². The number of hydrogen-bond donors (Lipinski definition) is 0. The Morgan fingerprint density at radius 1 is 1.39 bits per heavy atom. The summed E-state index contributed by atoms with van der Waals surface area (Å²) in [5.41, 5.74) is 2.35. The molecule has 0 bridgehead atoms. The number of likely N-dealkylation sites (tertiary alicyclic amines) is 1. The molecule has 0 aliphatic carbocycles. The maximum Gasteiger partial charge on any atom is 0.0739 e. The lowest BCUT2D eigenvalue weighted by Gasteiger charge is -2.22. The van der Waals surface area contributed by atoms with E-state index in [9.17, 15) is 0 Å². The Morgan fingerprint density at radius 2 is 2.06 bits per heavy atom. The van der Waals surface area contributed by atoms with E-state index in [0.717, 1.165) is 29.2 Å². The number of nitrogens with zero attached hydrogens (tertiary/aromatic N) is 4. The Balaban J connectivity index is 2.07. The molecule has 1 saturated heterocycles. The minimum atomic E-state index is 0.665. The Bertz CT molecular complexity index is 427. The number of hydrogen-bond acceptors (Lipinski definition) is 3. The van der Waals surface area contributed by atoms with Crippen LogP contribution < -0.4 is 0 Å². The summed E-state index contributed by atoms with van der Waals surface area (Å²) >= 11 is 3.65. The molecule has 4 nitrogen and oxygen atoms in total. The molecule has 2 unspecified atom stereocenters. The van der Waals surface area contributed by atoms with E-state index in [0.29, 0.717) is 6.04 Å². The highest BCUT2D eigenvalue weighted by Crippen LogP contribution is 2.26. The fraction of sp³-hybridized carbons (Fsp3) is 0.769. The third kappa shape index (κ3) is 2.63. The van der Waals surface area contributed by atoms with Crippen molar-refractivity contribution >= 4 is 15.9 Å². The van der Waals surface area contributed by atoms with Crippen molar-refractivity contribution in [3.63, 3.8) is 0 Å². The van der Waals surface area contributed by atoms with Crippen molar-refractivity contribution in [2.45, 2.75) is 26.4 Å². The normalized spacial score (nSPS) is 25.3. The summed E-state index contributed by atoms with van der Waals surface area (Å²) in [6, 6.07) is 0.665. The van der Waals surface area contributed by atoms with Gasteiger partial charge < -0.3 is 4.90 Å². The lowest BCUT2D eigenvalue weighted by molar-refractivity contribution is 0.248. The van der Waals surface area contributed by atoms with Crippen LogP contribution >= 0.6 is 15.9 Å². The van der Waals surface area contributed by atoms with Crippen LogP contribution in [0.2, 0.25) is 0 Å². The minimum Gasteiger partial charge on any atom is -0.305 e. The summed E-state index contributed by atoms with van der Waals surface area (Å²) in [5, 5.41) is 4.46. The highest BCUT2D eigenvalue weighted by Gasteiger charge is 2.31. The van der Waals surface area contributed by atoms with Crippen molar-refractivity contribution < 1.29 is 0 Å². The number of aryl methyl sites for hydroxylation is 2. The van der Waals surface area contributed by atoms with E-state index < -0.39 is 0 Å². The highest BCUT2D eigenvalue weighted by atomic mass is 79.9. The van der Waals surface area contributed by atoms with Crippen LogP contribution in [-0.2, 0) is 13.6 Å². The Kier molecular flexibility index (Phi) is 4.14. The van der Waals surface area contributed by atoms with Gasteiger partial charge in [-0.1, -0.05) is 6.92 Å². The third-order valence-electron chi connectivity index (χ3n) is 3.95. The summed E-state index contributed by atoms with van der Waals surface area (Å²) in [4.78, 5) is 4.87. The van der Waals surface area contributed by atoms with Gasteiger partial charge in [0.2, 0.25) is 0 Å². The van der Waals surface area contributed by atoms with Crippen LogP contribution in [0.1, 0.15) is 18.3 Å². The van der Waals surface area contributed by atoms with Crippen LogP contribution in [0.3, 0.4) is 0 Å². The first-order chi connectivity index (χ1) is 8.40. The average Bonchev–Trinajstić information content (AvgIpc) is 2.75. The molecule has 2 rings (SSSR count). The van der Waals surface area contributed by atoms with E-state index in [1.165, 1.54) is 12.2 Å². The number of likely N-dealkylation sites (N-methyl/N-ethyl adjacent to an activating group) is 1. The fourth-order valence-electron chi connectivity index (χ4n) is 2.91. The van der Waals surface area contributed by atoms with Gasteiger partial charge in [0.25, 0.3) is 0 Å². The topological polar surface area (TPSA) is 24.3 Å². The number of halogens is 1. The maximum absolute atomic E-state index is 4.46. The minimum absolute atomic E-state index is 0.665. The van der Waals surface area contributed by atoms with Crippen molar-refractivity contribution in [2.24, 2.45) is 13.0 Å². The van der Waals surface area contributed by atoms with E-state index in [1.807, 2.05) is 18.7 Å². The van der Waals surface area contributed by atoms with Gasteiger partial charge in [-0.15, -0.1) is 0 Å². The number of rotatable bonds is 3. The molecule has 1 fully saturated rings. The van der Waals surface area contributed by atoms with Gasteiger partial charge in [-0.3, -0.25) is 9.58 Å². The first kappa shape index (κ1) is 14.0. The third-order valence-corrected chi connectivity index (χ3v) is 4.98. The molecular weight excluding hydrogens is 292 g/mol. The molecule has 2 heterocycles. The molecule has 0 amide bonds. The summed E-state index contributed by atoms with van der Waals surface area (Å²) in [5.74, 6) is 0.730. The molecule has 18 heavy (non-hydrogen) atoms. The second-order valence-electron chi connectivity index (χ2n) is 5.67. The molecule has 0 spiro atoms. The molecule has 1 aliphatic heterocycles. The zero-order valence-electron chi connectivity index (χ0n) is 11.9. The predicted octanol–water partition coefficient (Wildman–Crippen LogP) is 1.87. The quantitative estimate of drug-likeness (QED) is 0.851. The van der Waals surface area contributed by atoms with Gasteiger partial charge in [0.05, 0.1) is 15.9 Å². The molecule has 1 aromatic rings. The fourth-order valence-corrected chi connectivity index (χ4v) is 3.37. The maximum atomic E-state index is 4.46. The molecule has 1 aromatic heterocycles. The second-order valence-corrected chi connectivity index (χ2v) is 6.47.